The number of carbonyl (C=O) groups excluding carboxylic acids is 3. The molecule has 0 spiro atoms. The molecule has 0 aromatic carbocycles. The molecule has 38 heavy (non-hydrogen) atoms. The molecule has 219 valence electrons. The van der Waals surface area contributed by atoms with Crippen molar-refractivity contribution in [1.29, 1.82) is 0 Å². The predicted octanol–water partition coefficient (Wildman–Crippen LogP) is -0.403. The summed E-state index contributed by atoms with van der Waals surface area (Å²) in [4.78, 5) is 60.5. The van der Waals surface area contributed by atoms with Crippen LogP contribution in [-0.4, -0.2) is 140 Å². The first kappa shape index (κ1) is 40.8. The van der Waals surface area contributed by atoms with Gasteiger partial charge in [0.2, 0.25) is 0 Å². The normalized spacial score (nSPS) is 10.4. The molecule has 1 radical (unpaired) electrons. The molecule has 0 heterocycles. The number of rotatable bonds is 25. The van der Waals surface area contributed by atoms with Crippen molar-refractivity contribution in [3.63, 3.8) is 0 Å². The van der Waals surface area contributed by atoms with Crippen LogP contribution in [0.1, 0.15) is 26.7 Å². The van der Waals surface area contributed by atoms with Crippen LogP contribution in [0.3, 0.4) is 0 Å². The van der Waals surface area contributed by atoms with Crippen LogP contribution in [0.5, 0.6) is 0 Å². The average molecular weight is 624 g/mol. The van der Waals surface area contributed by atoms with Gasteiger partial charge in [0.05, 0.1) is 13.1 Å². The third-order valence-electron chi connectivity index (χ3n) is 4.61. The summed E-state index contributed by atoms with van der Waals surface area (Å²) in [5.41, 5.74) is 0. The minimum absolute atomic E-state index is 0. The first-order chi connectivity index (χ1) is 17.8. The minimum atomic E-state index is -1.11. The van der Waals surface area contributed by atoms with Crippen molar-refractivity contribution in [2.75, 3.05) is 79.1 Å². The molecule has 0 saturated carbocycles. The summed E-state index contributed by atoms with van der Waals surface area (Å²) in [6.45, 7) is 10.5. The fourth-order valence-electron chi connectivity index (χ4n) is 2.92. The van der Waals surface area contributed by atoms with Gasteiger partial charge < -0.3 is 37.8 Å². The number of hydrogen-bond donors (Lipinski definition) is 2. The molecular weight excluding hydrogens is 581 g/mol. The average Bonchev–Trinajstić information content (AvgIpc) is 2.85. The third kappa shape index (κ3) is 27.3. The van der Waals surface area contributed by atoms with E-state index in [0.29, 0.717) is 39.1 Å². The second-order valence-electron chi connectivity index (χ2n) is 7.81. The van der Waals surface area contributed by atoms with E-state index in [2.05, 4.69) is 11.7 Å². The quantitative estimate of drug-likeness (QED) is 0.0584. The second-order valence-corrected chi connectivity index (χ2v) is 7.81. The number of unbranched alkanes of at least 4 members (excludes halogenated alkanes) is 1. The number of carbonyl (C=O) groups is 5. The summed E-state index contributed by atoms with van der Waals surface area (Å²) < 4.78 is 14.3. The molecule has 0 aliphatic heterocycles. The van der Waals surface area contributed by atoms with Crippen molar-refractivity contribution in [1.82, 2.24) is 19.6 Å². The zero-order valence-corrected chi connectivity index (χ0v) is 25.3. The van der Waals surface area contributed by atoms with Crippen LogP contribution in [0.2, 0.25) is 0 Å². The fraction of sp³-hybridized carbons (Fsp3) is 0.696. The maximum Gasteiger partial charge on any atom is 0.317 e. The van der Waals surface area contributed by atoms with Gasteiger partial charge in [-0.25, -0.2) is 0 Å². The molecule has 0 aliphatic carbocycles. The Bertz CT molecular complexity index is 619. The number of nitrogens with zero attached hydrogens (tertiary/aromatic N) is 4. The van der Waals surface area contributed by atoms with E-state index in [1.807, 2.05) is 25.2 Å². The van der Waals surface area contributed by atoms with Crippen LogP contribution in [0.25, 0.3) is 0 Å². The SMILES string of the molecule is C[CH-]C.[CH2-]CCCN(CCN(CCN(CCN(COC=O)CC(=O)O)CC(=O)O)COC=O)COC=O.[Y]. The first-order valence-corrected chi connectivity index (χ1v) is 11.8. The van der Waals surface area contributed by atoms with Gasteiger partial charge in [0, 0.05) is 72.0 Å². The Morgan fingerprint density at radius 3 is 1.37 bits per heavy atom. The van der Waals surface area contributed by atoms with E-state index in [0.717, 1.165) is 12.8 Å². The molecule has 0 unspecified atom stereocenters. The van der Waals surface area contributed by atoms with Crippen molar-refractivity contribution in [2.45, 2.75) is 26.7 Å². The van der Waals surface area contributed by atoms with Gasteiger partial charge in [0.15, 0.2) is 0 Å². The Hall–Kier alpha value is -1.71. The smallest absolute Gasteiger partial charge is 0.317 e. The molecule has 0 rings (SSSR count). The monoisotopic (exact) mass is 623 g/mol. The Labute approximate surface area is 250 Å². The van der Waals surface area contributed by atoms with E-state index in [4.69, 9.17) is 14.6 Å². The molecule has 2 N–H and O–H groups in total. The van der Waals surface area contributed by atoms with Gasteiger partial charge in [0.25, 0.3) is 19.4 Å². The molecule has 0 bridgehead atoms. The van der Waals surface area contributed by atoms with Crippen LogP contribution < -0.4 is 0 Å². The van der Waals surface area contributed by atoms with Gasteiger partial charge in [-0.1, -0.05) is 6.42 Å². The van der Waals surface area contributed by atoms with Crippen molar-refractivity contribution in [3.8, 4) is 0 Å². The largest absolute Gasteiger partial charge is 0.480 e. The zero-order valence-electron chi connectivity index (χ0n) is 22.4. The summed E-state index contributed by atoms with van der Waals surface area (Å²) >= 11 is 0. The van der Waals surface area contributed by atoms with Gasteiger partial charge in [-0.15, -0.1) is 0 Å². The Kier molecular flexibility index (Phi) is 32.0. The Morgan fingerprint density at radius 1 is 0.684 bits per heavy atom. The molecule has 14 nitrogen and oxygen atoms in total. The summed E-state index contributed by atoms with van der Waals surface area (Å²) in [7, 11) is 0. The van der Waals surface area contributed by atoms with Crippen molar-refractivity contribution < 1.29 is 81.1 Å². The minimum Gasteiger partial charge on any atom is -0.480 e. The molecule has 0 amide bonds. The summed E-state index contributed by atoms with van der Waals surface area (Å²) in [6, 6.07) is 0. The maximum atomic E-state index is 11.3. The van der Waals surface area contributed by atoms with Gasteiger partial charge >= 0.3 is 11.9 Å². The molecule has 0 fully saturated rings. The van der Waals surface area contributed by atoms with Gasteiger partial charge in [-0.2, -0.15) is 20.3 Å². The first-order valence-electron chi connectivity index (χ1n) is 11.8. The van der Waals surface area contributed by atoms with Gasteiger partial charge in [0.1, 0.15) is 20.2 Å². The molecular formula is C23H42N4O10Y-2. The number of carboxylic acid groups (broad SMARTS) is 2. The number of aliphatic carboxylic acids is 2. The van der Waals surface area contributed by atoms with E-state index in [1.165, 1.54) is 4.90 Å². The topological polar surface area (TPSA) is 166 Å². The number of carboxylic acids is 2. The third-order valence-corrected chi connectivity index (χ3v) is 4.61. The maximum absolute atomic E-state index is 11.3. The van der Waals surface area contributed by atoms with Gasteiger partial charge in [-0.3, -0.25) is 43.6 Å². The molecule has 15 heteroatoms. The summed E-state index contributed by atoms with van der Waals surface area (Å²) in [6.07, 6.45) is 3.52. The Balaban J connectivity index is -0.00000291. The van der Waals surface area contributed by atoms with Crippen molar-refractivity contribution in [2.24, 2.45) is 0 Å². The molecule has 0 atom stereocenters. The molecule has 0 aromatic rings. The van der Waals surface area contributed by atoms with Crippen LogP contribution in [-0.2, 0) is 70.9 Å². The second kappa shape index (κ2) is 29.8. The summed E-state index contributed by atoms with van der Waals surface area (Å²) in [5, 5.41) is 18.2. The molecule has 0 aliphatic rings. The van der Waals surface area contributed by atoms with E-state index in [-0.39, 0.29) is 92.1 Å². The van der Waals surface area contributed by atoms with E-state index in [1.54, 1.807) is 9.80 Å². The number of hydrogen-bond acceptors (Lipinski definition) is 12. The van der Waals surface area contributed by atoms with Crippen molar-refractivity contribution in [3.05, 3.63) is 13.3 Å². The summed E-state index contributed by atoms with van der Waals surface area (Å²) in [5.74, 6) is -2.17. The fourth-order valence-corrected chi connectivity index (χ4v) is 2.92. The van der Waals surface area contributed by atoms with E-state index < -0.39 is 11.9 Å². The van der Waals surface area contributed by atoms with Crippen LogP contribution in [0, 0.1) is 13.3 Å². The zero-order chi connectivity index (χ0) is 28.3. The van der Waals surface area contributed by atoms with E-state index >= 15 is 0 Å². The van der Waals surface area contributed by atoms with E-state index in [9.17, 15) is 29.1 Å². The predicted molar refractivity (Wildman–Crippen MR) is 133 cm³/mol. The van der Waals surface area contributed by atoms with Crippen LogP contribution >= 0.6 is 0 Å². The molecule has 0 aromatic heterocycles. The van der Waals surface area contributed by atoms with Crippen LogP contribution in [0.4, 0.5) is 0 Å². The number of ether oxygens (including phenoxy) is 3. The van der Waals surface area contributed by atoms with Gasteiger partial charge in [-0.05, 0) is 6.54 Å². The van der Waals surface area contributed by atoms with Crippen LogP contribution in [0.15, 0.2) is 0 Å². The molecule has 0 saturated heterocycles. The van der Waals surface area contributed by atoms with Crippen molar-refractivity contribution >= 4 is 31.4 Å². The standard InChI is InChI=1S/C20H35N4O10.C3H7.Y/c1-2-3-4-22(13-32-16-25)8-9-23(14-33-17-26)7-5-21(11-19(28)29)6-10-24(12-20(30)31)15-34-18-27;1-3-2;/h16-18H,1-15H2,(H,28,29)(H,30,31);3H,1-2H3;/q2*-1;. The Morgan fingerprint density at radius 2 is 1.00 bits per heavy atom.